The maximum Gasteiger partial charge on any atom is 0.242 e. The van der Waals surface area contributed by atoms with Crippen molar-refractivity contribution in [3.8, 4) is 0 Å². The molecule has 1 aliphatic heterocycles. The molecule has 6 heteroatoms. The summed E-state index contributed by atoms with van der Waals surface area (Å²) in [4.78, 5) is 16.2. The number of para-hydroxylation sites is 1. The third-order valence-corrected chi connectivity index (χ3v) is 4.47. The maximum atomic E-state index is 12.4. The van der Waals surface area contributed by atoms with Gasteiger partial charge in [0, 0.05) is 44.9 Å². The number of rotatable bonds is 6. The van der Waals surface area contributed by atoms with Crippen molar-refractivity contribution in [2.45, 2.75) is 12.6 Å². The van der Waals surface area contributed by atoms with E-state index in [2.05, 4.69) is 4.90 Å². The lowest BCUT2D eigenvalue weighted by atomic mass is 10.2. The molecule has 1 aromatic heterocycles. The van der Waals surface area contributed by atoms with Gasteiger partial charge in [0.1, 0.15) is 6.54 Å². The summed E-state index contributed by atoms with van der Waals surface area (Å²) in [6.07, 6.45) is 1.39. The number of amides is 1. The lowest BCUT2D eigenvalue weighted by Crippen LogP contribution is -2.45. The van der Waals surface area contributed by atoms with Crippen LogP contribution in [-0.4, -0.2) is 77.9 Å². The Morgan fingerprint density at radius 2 is 2.04 bits per heavy atom. The molecule has 0 aliphatic carbocycles. The predicted molar refractivity (Wildman–Crippen MR) is 92.8 cm³/mol. The van der Waals surface area contributed by atoms with Gasteiger partial charge in [-0.3, -0.25) is 9.69 Å². The molecule has 1 saturated heterocycles. The molecule has 0 bridgehead atoms. The summed E-state index contributed by atoms with van der Waals surface area (Å²) in [5.74, 6) is -0.00243. The van der Waals surface area contributed by atoms with Gasteiger partial charge in [-0.05, 0) is 17.5 Å². The molecule has 1 atom stereocenters. The molecule has 1 unspecified atom stereocenters. The minimum atomic E-state index is -0.543. The highest BCUT2D eigenvalue weighted by Crippen LogP contribution is 2.15. The van der Waals surface area contributed by atoms with Gasteiger partial charge in [-0.2, -0.15) is 0 Å². The predicted octanol–water partition coefficient (Wildman–Crippen LogP) is 0.793. The number of fused-ring (bicyclic) bond motifs is 1. The first-order valence-electron chi connectivity index (χ1n) is 8.39. The quantitative estimate of drug-likeness (QED) is 0.850. The van der Waals surface area contributed by atoms with E-state index in [0.29, 0.717) is 26.3 Å². The summed E-state index contributed by atoms with van der Waals surface area (Å²) >= 11 is 0. The lowest BCUT2D eigenvalue weighted by Gasteiger charge is -2.30. The molecule has 1 N–H and O–H groups in total. The van der Waals surface area contributed by atoms with Gasteiger partial charge >= 0.3 is 0 Å². The molecular formula is C18H25N3O3. The van der Waals surface area contributed by atoms with E-state index < -0.39 is 6.10 Å². The van der Waals surface area contributed by atoms with Crippen LogP contribution in [0, 0.1) is 0 Å². The van der Waals surface area contributed by atoms with E-state index in [9.17, 15) is 9.90 Å². The van der Waals surface area contributed by atoms with Crippen LogP contribution in [0.2, 0.25) is 0 Å². The Morgan fingerprint density at radius 3 is 2.83 bits per heavy atom. The van der Waals surface area contributed by atoms with Crippen LogP contribution in [0.25, 0.3) is 10.9 Å². The smallest absolute Gasteiger partial charge is 0.242 e. The van der Waals surface area contributed by atoms with Gasteiger partial charge in [-0.1, -0.05) is 18.2 Å². The van der Waals surface area contributed by atoms with Crippen molar-refractivity contribution >= 4 is 16.8 Å². The number of nitrogens with zero attached hydrogens (tertiary/aromatic N) is 3. The van der Waals surface area contributed by atoms with E-state index in [0.717, 1.165) is 24.0 Å². The topological polar surface area (TPSA) is 57.9 Å². The van der Waals surface area contributed by atoms with Crippen molar-refractivity contribution in [1.29, 1.82) is 0 Å². The van der Waals surface area contributed by atoms with Crippen LogP contribution in [-0.2, 0) is 16.1 Å². The van der Waals surface area contributed by atoms with Crippen molar-refractivity contribution in [2.75, 3.05) is 46.4 Å². The molecule has 1 fully saturated rings. The highest BCUT2D eigenvalue weighted by Gasteiger charge is 2.18. The monoisotopic (exact) mass is 331 g/mol. The lowest BCUT2D eigenvalue weighted by molar-refractivity contribution is -0.132. The molecule has 0 spiro atoms. The van der Waals surface area contributed by atoms with E-state index in [1.54, 1.807) is 11.9 Å². The van der Waals surface area contributed by atoms with Gasteiger partial charge in [-0.25, -0.2) is 0 Å². The van der Waals surface area contributed by atoms with Crippen LogP contribution in [0.5, 0.6) is 0 Å². The average Bonchev–Trinajstić information content (AvgIpc) is 2.99. The molecule has 1 amide bonds. The number of carbonyl (C=O) groups is 1. The number of carbonyl (C=O) groups excluding carboxylic acids is 1. The Balaban J connectivity index is 1.52. The Kier molecular flexibility index (Phi) is 5.50. The van der Waals surface area contributed by atoms with Crippen molar-refractivity contribution in [3.63, 3.8) is 0 Å². The number of aliphatic hydroxyl groups is 1. The molecular weight excluding hydrogens is 306 g/mol. The fourth-order valence-electron chi connectivity index (χ4n) is 3.10. The number of hydrogen-bond donors (Lipinski definition) is 1. The molecule has 3 rings (SSSR count). The summed E-state index contributed by atoms with van der Waals surface area (Å²) in [6, 6.07) is 10.0. The van der Waals surface area contributed by atoms with Gasteiger partial charge < -0.3 is 19.3 Å². The van der Waals surface area contributed by atoms with Gasteiger partial charge in [0.2, 0.25) is 5.91 Å². The van der Waals surface area contributed by atoms with E-state index >= 15 is 0 Å². The number of aromatic nitrogens is 1. The van der Waals surface area contributed by atoms with Crippen LogP contribution in [0.3, 0.4) is 0 Å². The van der Waals surface area contributed by atoms with Crippen molar-refractivity contribution in [2.24, 2.45) is 0 Å². The van der Waals surface area contributed by atoms with E-state index in [4.69, 9.17) is 4.74 Å². The molecule has 0 saturated carbocycles. The summed E-state index contributed by atoms with van der Waals surface area (Å²) in [7, 11) is 1.75. The first kappa shape index (κ1) is 17.0. The second-order valence-electron chi connectivity index (χ2n) is 6.34. The van der Waals surface area contributed by atoms with E-state index in [-0.39, 0.29) is 12.5 Å². The number of ether oxygens (including phenoxy) is 1. The minimum Gasteiger partial charge on any atom is -0.390 e. The molecule has 6 nitrogen and oxygen atoms in total. The fraction of sp³-hybridized carbons (Fsp3) is 0.500. The van der Waals surface area contributed by atoms with Gasteiger partial charge in [0.05, 0.1) is 19.3 Å². The molecule has 2 heterocycles. The third-order valence-electron chi connectivity index (χ3n) is 4.47. The highest BCUT2D eigenvalue weighted by molar-refractivity contribution is 5.83. The second-order valence-corrected chi connectivity index (χ2v) is 6.34. The number of likely N-dealkylation sites (N-methyl/N-ethyl adjacent to an activating group) is 1. The molecule has 130 valence electrons. The van der Waals surface area contributed by atoms with Crippen molar-refractivity contribution in [1.82, 2.24) is 14.4 Å². The normalized spacial score (nSPS) is 17.1. The van der Waals surface area contributed by atoms with Crippen LogP contribution in [0.4, 0.5) is 0 Å². The number of β-amino-alcohol motifs (C(OH)–C–C–N with tert-alkyl or cyclic N) is 1. The third kappa shape index (κ3) is 4.14. The van der Waals surface area contributed by atoms with Gasteiger partial charge in [0.15, 0.2) is 0 Å². The average molecular weight is 331 g/mol. The highest BCUT2D eigenvalue weighted by atomic mass is 16.5. The number of benzene rings is 1. The molecule has 1 aliphatic rings. The van der Waals surface area contributed by atoms with Crippen molar-refractivity contribution in [3.05, 3.63) is 36.5 Å². The van der Waals surface area contributed by atoms with Crippen LogP contribution >= 0.6 is 0 Å². The van der Waals surface area contributed by atoms with Gasteiger partial charge in [0.25, 0.3) is 0 Å². The number of morpholine rings is 1. The largest absolute Gasteiger partial charge is 0.390 e. The summed E-state index contributed by atoms with van der Waals surface area (Å²) in [6.45, 7) is 4.30. The van der Waals surface area contributed by atoms with E-state index in [1.807, 2.05) is 41.1 Å². The molecule has 2 aromatic rings. The van der Waals surface area contributed by atoms with Crippen LogP contribution in [0.15, 0.2) is 36.5 Å². The Bertz CT molecular complexity index is 679. The van der Waals surface area contributed by atoms with E-state index in [1.165, 1.54) is 0 Å². The van der Waals surface area contributed by atoms with Crippen molar-refractivity contribution < 1.29 is 14.6 Å². The molecule has 24 heavy (non-hydrogen) atoms. The Hall–Kier alpha value is -1.89. The van der Waals surface area contributed by atoms with Crippen LogP contribution < -0.4 is 0 Å². The second kappa shape index (κ2) is 7.79. The fourth-order valence-corrected chi connectivity index (χ4v) is 3.10. The number of aliphatic hydroxyl groups excluding tert-OH is 1. The SMILES string of the molecule is CN(CC(O)CN1CCOCC1)C(=O)Cn1ccc2ccccc21. The standard InChI is InChI=1S/C18H25N3O3/c1-19(12-16(22)13-20-8-10-24-11-9-20)18(23)14-21-7-6-15-4-2-3-5-17(15)21/h2-7,16,22H,8-14H2,1H3. The maximum absolute atomic E-state index is 12.4. The first-order valence-corrected chi connectivity index (χ1v) is 8.39. The zero-order valence-electron chi connectivity index (χ0n) is 14.1. The first-order chi connectivity index (χ1) is 11.6. The Labute approximate surface area is 142 Å². The summed E-state index contributed by atoms with van der Waals surface area (Å²) < 4.78 is 7.25. The zero-order chi connectivity index (χ0) is 16.9. The van der Waals surface area contributed by atoms with Gasteiger partial charge in [-0.15, -0.1) is 0 Å². The molecule has 0 radical (unpaired) electrons. The Morgan fingerprint density at radius 1 is 1.29 bits per heavy atom. The zero-order valence-corrected chi connectivity index (χ0v) is 14.1. The summed E-state index contributed by atoms with van der Waals surface area (Å²) in [5, 5.41) is 11.4. The minimum absolute atomic E-state index is 0.00243. The number of hydrogen-bond acceptors (Lipinski definition) is 4. The summed E-state index contributed by atoms with van der Waals surface area (Å²) in [5.41, 5.74) is 1.05. The van der Waals surface area contributed by atoms with Crippen LogP contribution in [0.1, 0.15) is 0 Å². The molecule has 1 aromatic carbocycles.